The number of carboxylic acids is 1. The summed E-state index contributed by atoms with van der Waals surface area (Å²) in [6, 6.07) is -0.105. The van der Waals surface area contributed by atoms with Crippen molar-refractivity contribution in [2.45, 2.75) is 58.9 Å². The van der Waals surface area contributed by atoms with Crippen LogP contribution in [0.25, 0.3) is 0 Å². The molecule has 1 amide bonds. The zero-order valence-corrected chi connectivity index (χ0v) is 13.2. The van der Waals surface area contributed by atoms with Gasteiger partial charge in [0.25, 0.3) is 0 Å². The van der Waals surface area contributed by atoms with Crippen molar-refractivity contribution in [1.82, 2.24) is 5.32 Å². The lowest BCUT2D eigenvalue weighted by molar-refractivity contribution is -0.141. The third-order valence-corrected chi connectivity index (χ3v) is 4.83. The first-order chi connectivity index (χ1) is 9.92. The number of carbonyl (C=O) groups excluding carboxylic acids is 2. The van der Waals surface area contributed by atoms with Crippen LogP contribution in [0.4, 0.5) is 0 Å². The van der Waals surface area contributed by atoms with Gasteiger partial charge in [-0.2, -0.15) is 0 Å². The van der Waals surface area contributed by atoms with Gasteiger partial charge in [-0.15, -0.1) is 0 Å². The molecule has 21 heavy (non-hydrogen) atoms. The Bertz CT molecular complexity index is 378. The summed E-state index contributed by atoms with van der Waals surface area (Å²) >= 11 is 0. The molecule has 1 aliphatic carbocycles. The van der Waals surface area contributed by atoms with Crippen LogP contribution in [0.1, 0.15) is 52.9 Å². The number of carbonyl (C=O) groups is 3. The molecule has 5 heteroatoms. The third kappa shape index (κ3) is 4.83. The molecule has 1 rings (SSSR count). The fourth-order valence-electron chi connectivity index (χ4n) is 3.51. The first-order valence-electron chi connectivity index (χ1n) is 7.88. The van der Waals surface area contributed by atoms with E-state index in [2.05, 4.69) is 19.2 Å². The van der Waals surface area contributed by atoms with E-state index in [0.717, 1.165) is 25.5 Å². The second-order valence-electron chi connectivity index (χ2n) is 6.20. The molecule has 1 aliphatic rings. The Morgan fingerprint density at radius 1 is 1.29 bits per heavy atom. The van der Waals surface area contributed by atoms with Gasteiger partial charge in [0.2, 0.25) is 5.91 Å². The van der Waals surface area contributed by atoms with Gasteiger partial charge in [0.05, 0.1) is 5.92 Å². The van der Waals surface area contributed by atoms with Gasteiger partial charge in [-0.25, -0.2) is 0 Å². The van der Waals surface area contributed by atoms with Crippen molar-refractivity contribution in [3.05, 3.63) is 0 Å². The second-order valence-corrected chi connectivity index (χ2v) is 6.20. The molecule has 0 aliphatic heterocycles. The zero-order valence-electron chi connectivity index (χ0n) is 13.2. The van der Waals surface area contributed by atoms with Crippen LogP contribution in [-0.4, -0.2) is 29.3 Å². The molecule has 4 atom stereocenters. The lowest BCUT2D eigenvalue weighted by Gasteiger charge is -2.30. The normalized spacial score (nSPS) is 26.6. The molecule has 2 N–H and O–H groups in total. The number of carboxylic acid groups (broad SMARTS) is 1. The van der Waals surface area contributed by atoms with Crippen LogP contribution >= 0.6 is 0 Å². The molecule has 0 aromatic rings. The monoisotopic (exact) mass is 297 g/mol. The van der Waals surface area contributed by atoms with Crippen molar-refractivity contribution in [3.8, 4) is 0 Å². The third-order valence-electron chi connectivity index (χ3n) is 4.83. The van der Waals surface area contributed by atoms with Crippen LogP contribution in [0.2, 0.25) is 0 Å². The van der Waals surface area contributed by atoms with Gasteiger partial charge in [0.1, 0.15) is 6.29 Å². The Labute approximate surface area is 126 Å². The fourth-order valence-corrected chi connectivity index (χ4v) is 3.51. The van der Waals surface area contributed by atoms with Gasteiger partial charge in [-0.05, 0) is 31.1 Å². The van der Waals surface area contributed by atoms with Gasteiger partial charge in [-0.3, -0.25) is 9.59 Å². The van der Waals surface area contributed by atoms with Crippen LogP contribution in [0.5, 0.6) is 0 Å². The Hall–Kier alpha value is -1.39. The highest BCUT2D eigenvalue weighted by Crippen LogP contribution is 2.39. The predicted molar refractivity (Wildman–Crippen MR) is 79.7 cm³/mol. The highest BCUT2D eigenvalue weighted by Gasteiger charge is 2.42. The molecule has 4 unspecified atom stereocenters. The smallest absolute Gasteiger partial charge is 0.306 e. The SMILES string of the molecule is CCC(CC)CC(NC(C)=O)C1CC(C(=O)O)CC1C=O. The van der Waals surface area contributed by atoms with E-state index in [4.69, 9.17) is 0 Å². The van der Waals surface area contributed by atoms with E-state index >= 15 is 0 Å². The molecule has 1 saturated carbocycles. The standard InChI is InChI=1S/C16H27NO4/c1-4-11(5-2)6-15(17-10(3)19)14-8-12(16(20)21)7-13(14)9-18/h9,11-15H,4-8H2,1-3H3,(H,17,19)(H,20,21). The maximum atomic E-state index is 11.5. The van der Waals surface area contributed by atoms with Crippen LogP contribution < -0.4 is 5.32 Å². The Balaban J connectivity index is 2.87. The Kier molecular flexibility index (Phi) is 6.85. The van der Waals surface area contributed by atoms with Gasteiger partial charge in [-0.1, -0.05) is 26.7 Å². The molecule has 0 heterocycles. The summed E-state index contributed by atoms with van der Waals surface area (Å²) in [4.78, 5) is 33.9. The van der Waals surface area contributed by atoms with Crippen molar-refractivity contribution in [2.75, 3.05) is 0 Å². The predicted octanol–water partition coefficient (Wildman–Crippen LogP) is 2.24. The summed E-state index contributed by atoms with van der Waals surface area (Å²) in [7, 11) is 0. The van der Waals surface area contributed by atoms with Crippen molar-refractivity contribution in [3.63, 3.8) is 0 Å². The molecular formula is C16H27NO4. The van der Waals surface area contributed by atoms with Crippen LogP contribution in [0, 0.1) is 23.7 Å². The van der Waals surface area contributed by atoms with Crippen LogP contribution in [0.15, 0.2) is 0 Å². The average molecular weight is 297 g/mol. The molecule has 0 radical (unpaired) electrons. The largest absolute Gasteiger partial charge is 0.481 e. The zero-order chi connectivity index (χ0) is 16.0. The Morgan fingerprint density at radius 3 is 2.33 bits per heavy atom. The molecule has 0 saturated heterocycles. The number of hydrogen-bond donors (Lipinski definition) is 2. The highest BCUT2D eigenvalue weighted by atomic mass is 16.4. The minimum atomic E-state index is -0.839. The summed E-state index contributed by atoms with van der Waals surface area (Å²) in [6.45, 7) is 5.70. The lowest BCUT2D eigenvalue weighted by Crippen LogP contribution is -2.42. The number of rotatable bonds is 8. The quantitative estimate of drug-likeness (QED) is 0.673. The summed E-state index contributed by atoms with van der Waals surface area (Å²) in [6.07, 6.45) is 4.59. The molecule has 5 nitrogen and oxygen atoms in total. The molecule has 0 aromatic heterocycles. The molecule has 0 aromatic carbocycles. The minimum Gasteiger partial charge on any atom is -0.481 e. The van der Waals surface area contributed by atoms with E-state index in [1.165, 1.54) is 6.92 Å². The van der Waals surface area contributed by atoms with Crippen molar-refractivity contribution < 1.29 is 19.5 Å². The van der Waals surface area contributed by atoms with E-state index in [-0.39, 0.29) is 23.8 Å². The van der Waals surface area contributed by atoms with Crippen LogP contribution in [-0.2, 0) is 14.4 Å². The van der Waals surface area contributed by atoms with Crippen molar-refractivity contribution in [2.24, 2.45) is 23.7 Å². The summed E-state index contributed by atoms with van der Waals surface area (Å²) in [5.41, 5.74) is 0. The number of aldehydes is 1. The molecule has 120 valence electrons. The maximum absolute atomic E-state index is 11.5. The summed E-state index contributed by atoms with van der Waals surface area (Å²) in [5, 5.41) is 12.1. The number of hydrogen-bond acceptors (Lipinski definition) is 3. The van der Waals surface area contributed by atoms with E-state index in [1.54, 1.807) is 0 Å². The number of nitrogens with one attached hydrogen (secondary N) is 1. The minimum absolute atomic E-state index is 0.0619. The molecule has 1 fully saturated rings. The van der Waals surface area contributed by atoms with Crippen LogP contribution in [0.3, 0.4) is 0 Å². The van der Waals surface area contributed by atoms with Crippen molar-refractivity contribution in [1.29, 1.82) is 0 Å². The van der Waals surface area contributed by atoms with E-state index in [1.807, 2.05) is 0 Å². The van der Waals surface area contributed by atoms with Gasteiger partial charge in [0, 0.05) is 18.9 Å². The summed E-state index contributed by atoms with van der Waals surface area (Å²) < 4.78 is 0. The first kappa shape index (κ1) is 17.7. The number of amides is 1. The molecule has 0 bridgehead atoms. The first-order valence-corrected chi connectivity index (χ1v) is 7.88. The maximum Gasteiger partial charge on any atom is 0.306 e. The summed E-state index contributed by atoms with van der Waals surface area (Å²) in [5.74, 6) is -1.27. The van der Waals surface area contributed by atoms with E-state index in [9.17, 15) is 19.5 Å². The van der Waals surface area contributed by atoms with E-state index in [0.29, 0.717) is 18.8 Å². The lowest BCUT2D eigenvalue weighted by atomic mass is 9.82. The van der Waals surface area contributed by atoms with Gasteiger partial charge < -0.3 is 15.2 Å². The average Bonchev–Trinajstić information content (AvgIpc) is 2.87. The van der Waals surface area contributed by atoms with E-state index < -0.39 is 11.9 Å². The van der Waals surface area contributed by atoms with Gasteiger partial charge >= 0.3 is 5.97 Å². The Morgan fingerprint density at radius 2 is 1.90 bits per heavy atom. The second kappa shape index (κ2) is 8.15. The molecule has 0 spiro atoms. The van der Waals surface area contributed by atoms with Gasteiger partial charge in [0.15, 0.2) is 0 Å². The van der Waals surface area contributed by atoms with Crippen molar-refractivity contribution >= 4 is 18.2 Å². The fraction of sp³-hybridized carbons (Fsp3) is 0.812. The highest BCUT2D eigenvalue weighted by molar-refractivity contribution is 5.74. The number of aliphatic carboxylic acids is 1. The topological polar surface area (TPSA) is 83.5 Å². The molecular weight excluding hydrogens is 270 g/mol.